The van der Waals surface area contributed by atoms with Gasteiger partial charge in [0.25, 0.3) is 0 Å². The number of nitrogens with one attached hydrogen (secondary N) is 1. The van der Waals surface area contributed by atoms with Crippen LogP contribution in [0.15, 0.2) is 18.3 Å². The van der Waals surface area contributed by atoms with E-state index in [0.717, 1.165) is 31.0 Å². The van der Waals surface area contributed by atoms with Crippen LogP contribution in [0.1, 0.15) is 33.6 Å². The van der Waals surface area contributed by atoms with E-state index in [-0.39, 0.29) is 4.75 Å². The van der Waals surface area contributed by atoms with Crippen molar-refractivity contribution in [3.05, 3.63) is 18.3 Å². The molecule has 0 aliphatic rings. The lowest BCUT2D eigenvalue weighted by Gasteiger charge is -2.30. The Bertz CT molecular complexity index is 345. The molecule has 1 aromatic heterocycles. The van der Waals surface area contributed by atoms with E-state index in [9.17, 15) is 0 Å². The molecule has 0 aromatic carbocycles. The monoisotopic (exact) mass is 268 g/mol. The van der Waals surface area contributed by atoms with Gasteiger partial charge in [-0.3, -0.25) is 0 Å². The zero-order valence-electron chi connectivity index (χ0n) is 11.8. The van der Waals surface area contributed by atoms with Crippen LogP contribution in [0, 0.1) is 0 Å². The summed E-state index contributed by atoms with van der Waals surface area (Å²) in [5, 5.41) is 3.43. The van der Waals surface area contributed by atoms with Crippen molar-refractivity contribution < 1.29 is 4.74 Å². The number of aromatic nitrogens is 1. The molecule has 0 aliphatic heterocycles. The van der Waals surface area contributed by atoms with Crippen molar-refractivity contribution in [2.45, 2.75) is 38.4 Å². The molecular weight excluding hydrogens is 244 g/mol. The topological polar surface area (TPSA) is 34.1 Å². The van der Waals surface area contributed by atoms with Crippen LogP contribution < -0.4 is 10.1 Å². The van der Waals surface area contributed by atoms with E-state index in [1.165, 1.54) is 0 Å². The van der Waals surface area contributed by atoms with Crippen LogP contribution >= 0.6 is 11.8 Å². The first kappa shape index (κ1) is 15.2. The van der Waals surface area contributed by atoms with Crippen LogP contribution in [0.2, 0.25) is 0 Å². The number of ether oxygens (including phenoxy) is 1. The van der Waals surface area contributed by atoms with Crippen molar-refractivity contribution in [1.29, 1.82) is 0 Å². The minimum atomic E-state index is 0.279. The number of hydrogen-bond acceptors (Lipinski definition) is 4. The maximum absolute atomic E-state index is 5.57. The highest BCUT2D eigenvalue weighted by atomic mass is 32.2. The average molecular weight is 268 g/mol. The fraction of sp³-hybridized carbons (Fsp3) is 0.643. The quantitative estimate of drug-likeness (QED) is 0.777. The molecule has 1 rings (SSSR count). The Morgan fingerprint density at radius 3 is 2.61 bits per heavy atom. The van der Waals surface area contributed by atoms with E-state index in [1.54, 1.807) is 6.20 Å². The van der Waals surface area contributed by atoms with Gasteiger partial charge in [-0.2, -0.15) is 11.8 Å². The van der Waals surface area contributed by atoms with Crippen molar-refractivity contribution in [2.24, 2.45) is 0 Å². The summed E-state index contributed by atoms with van der Waals surface area (Å²) in [5.74, 6) is 1.68. The number of thioether (sulfide) groups is 1. The maximum Gasteiger partial charge on any atom is 0.168 e. The Morgan fingerprint density at radius 2 is 2.06 bits per heavy atom. The molecule has 0 saturated carbocycles. The predicted molar refractivity (Wildman–Crippen MR) is 80.7 cm³/mol. The first-order valence-corrected chi connectivity index (χ1v) is 7.80. The Hall–Kier alpha value is -0.900. The minimum absolute atomic E-state index is 0.279. The summed E-state index contributed by atoms with van der Waals surface area (Å²) in [6.07, 6.45) is 6.27. The lowest BCUT2D eigenvalue weighted by atomic mass is 10.0. The Morgan fingerprint density at radius 1 is 1.33 bits per heavy atom. The van der Waals surface area contributed by atoms with Gasteiger partial charge in [0, 0.05) is 17.5 Å². The molecule has 0 bridgehead atoms. The molecule has 0 unspecified atom stereocenters. The van der Waals surface area contributed by atoms with Crippen molar-refractivity contribution in [2.75, 3.05) is 24.7 Å². The van der Waals surface area contributed by atoms with Crippen LogP contribution in [0.4, 0.5) is 5.82 Å². The zero-order chi connectivity index (χ0) is 13.4. The van der Waals surface area contributed by atoms with Gasteiger partial charge in [-0.1, -0.05) is 13.8 Å². The molecule has 4 heteroatoms. The molecule has 1 heterocycles. The molecule has 18 heavy (non-hydrogen) atoms. The van der Waals surface area contributed by atoms with Crippen molar-refractivity contribution in [3.8, 4) is 5.75 Å². The maximum atomic E-state index is 5.57. The molecular formula is C14H24N2OS. The lowest BCUT2D eigenvalue weighted by molar-refractivity contribution is 0.340. The molecule has 0 spiro atoms. The van der Waals surface area contributed by atoms with Crippen LogP contribution in [-0.4, -0.2) is 29.1 Å². The third kappa shape index (κ3) is 3.80. The Balaban J connectivity index is 2.72. The highest BCUT2D eigenvalue weighted by Crippen LogP contribution is 2.31. The molecule has 0 saturated heterocycles. The van der Waals surface area contributed by atoms with Gasteiger partial charge in [-0.15, -0.1) is 0 Å². The van der Waals surface area contributed by atoms with Gasteiger partial charge in [-0.25, -0.2) is 4.98 Å². The van der Waals surface area contributed by atoms with Gasteiger partial charge in [-0.05, 0) is 38.2 Å². The van der Waals surface area contributed by atoms with E-state index in [0.29, 0.717) is 6.61 Å². The van der Waals surface area contributed by atoms with Gasteiger partial charge >= 0.3 is 0 Å². The highest BCUT2D eigenvalue weighted by Gasteiger charge is 2.25. The Kier molecular flexibility index (Phi) is 6.33. The second-order valence-corrected chi connectivity index (χ2v) is 5.51. The summed E-state index contributed by atoms with van der Waals surface area (Å²) in [6.45, 7) is 8.04. The first-order chi connectivity index (χ1) is 8.71. The van der Waals surface area contributed by atoms with Gasteiger partial charge in [0.05, 0.1) is 6.61 Å². The molecule has 0 amide bonds. The van der Waals surface area contributed by atoms with Gasteiger partial charge < -0.3 is 10.1 Å². The number of anilines is 1. The predicted octanol–water partition coefficient (Wildman–Crippen LogP) is 3.81. The van der Waals surface area contributed by atoms with E-state index >= 15 is 0 Å². The molecule has 1 N–H and O–H groups in total. The summed E-state index contributed by atoms with van der Waals surface area (Å²) >= 11 is 1.92. The normalized spacial score (nSPS) is 11.3. The summed E-state index contributed by atoms with van der Waals surface area (Å²) in [4.78, 5) is 4.36. The van der Waals surface area contributed by atoms with E-state index in [1.807, 2.05) is 30.8 Å². The number of rotatable bonds is 8. The molecule has 0 atom stereocenters. The van der Waals surface area contributed by atoms with E-state index < -0.39 is 0 Å². The van der Waals surface area contributed by atoms with E-state index in [4.69, 9.17) is 4.74 Å². The van der Waals surface area contributed by atoms with Crippen LogP contribution in [0.5, 0.6) is 5.75 Å². The molecule has 1 aromatic rings. The van der Waals surface area contributed by atoms with Gasteiger partial charge in [0.15, 0.2) is 11.6 Å². The van der Waals surface area contributed by atoms with Crippen molar-refractivity contribution in [1.82, 2.24) is 4.98 Å². The molecule has 3 nitrogen and oxygen atoms in total. The minimum Gasteiger partial charge on any atom is -0.490 e. The van der Waals surface area contributed by atoms with Gasteiger partial charge in [0.2, 0.25) is 0 Å². The summed E-state index contributed by atoms with van der Waals surface area (Å²) in [6, 6.07) is 3.86. The number of hydrogen-bond donors (Lipinski definition) is 1. The second kappa shape index (κ2) is 7.52. The van der Waals surface area contributed by atoms with Crippen LogP contribution in [0.3, 0.4) is 0 Å². The lowest BCUT2D eigenvalue weighted by Crippen LogP contribution is -2.32. The Labute approximate surface area is 115 Å². The summed E-state index contributed by atoms with van der Waals surface area (Å²) in [5.41, 5.74) is 0. The van der Waals surface area contributed by atoms with Crippen molar-refractivity contribution in [3.63, 3.8) is 0 Å². The number of nitrogens with zero attached hydrogens (tertiary/aromatic N) is 1. The largest absolute Gasteiger partial charge is 0.490 e. The smallest absolute Gasteiger partial charge is 0.168 e. The number of pyridine rings is 1. The zero-order valence-corrected chi connectivity index (χ0v) is 12.6. The van der Waals surface area contributed by atoms with Crippen LogP contribution in [0.25, 0.3) is 0 Å². The standard InChI is InChI=1S/C14H24N2OS/c1-5-14(6-2,18-4)11-16-13-12(17-7-3)9-8-10-15-13/h8-10H,5-7,11H2,1-4H3,(H,15,16). The van der Waals surface area contributed by atoms with Gasteiger partial charge in [0.1, 0.15) is 0 Å². The van der Waals surface area contributed by atoms with E-state index in [2.05, 4.69) is 30.4 Å². The molecule has 0 fully saturated rings. The third-order valence-electron chi connectivity index (χ3n) is 3.37. The average Bonchev–Trinajstić information content (AvgIpc) is 2.43. The first-order valence-electron chi connectivity index (χ1n) is 6.58. The molecule has 0 radical (unpaired) electrons. The van der Waals surface area contributed by atoms with Crippen molar-refractivity contribution >= 4 is 17.6 Å². The summed E-state index contributed by atoms with van der Waals surface area (Å²) in [7, 11) is 0. The highest BCUT2D eigenvalue weighted by molar-refractivity contribution is 8.00. The summed E-state index contributed by atoms with van der Waals surface area (Å²) < 4.78 is 5.85. The van der Waals surface area contributed by atoms with Crippen LogP contribution in [-0.2, 0) is 0 Å². The molecule has 102 valence electrons. The molecule has 0 aliphatic carbocycles. The second-order valence-electron chi connectivity index (χ2n) is 4.23. The third-order valence-corrected chi connectivity index (χ3v) is 4.96. The SMILES string of the molecule is CCOc1cccnc1NCC(CC)(CC)SC. The fourth-order valence-corrected chi connectivity index (χ4v) is 2.69. The fourth-order valence-electron chi connectivity index (χ4n) is 1.90.